The van der Waals surface area contributed by atoms with Crippen LogP contribution in [0.2, 0.25) is 0 Å². The van der Waals surface area contributed by atoms with Crippen molar-refractivity contribution in [2.75, 3.05) is 20.1 Å². The van der Waals surface area contributed by atoms with E-state index < -0.39 is 0 Å². The molecular weight excluding hydrogens is 246 g/mol. The molecule has 0 spiro atoms. The topological polar surface area (TPSA) is 36.4 Å². The summed E-state index contributed by atoms with van der Waals surface area (Å²) in [4.78, 5) is 4.17. The summed E-state index contributed by atoms with van der Waals surface area (Å²) < 4.78 is 0. The smallest absolute Gasteiger partial charge is 0.191 e. The Hall–Kier alpha value is -2.29. The van der Waals surface area contributed by atoms with Crippen molar-refractivity contribution >= 4 is 16.7 Å². The number of nitrogens with zero attached hydrogens (tertiary/aromatic N) is 1. The van der Waals surface area contributed by atoms with E-state index >= 15 is 0 Å². The van der Waals surface area contributed by atoms with Crippen LogP contribution in [-0.2, 0) is 6.42 Å². The lowest BCUT2D eigenvalue weighted by Gasteiger charge is -2.11. The van der Waals surface area contributed by atoms with E-state index in [1.165, 1.54) is 16.3 Å². The van der Waals surface area contributed by atoms with E-state index in [9.17, 15) is 0 Å². The molecule has 0 amide bonds. The summed E-state index contributed by atoms with van der Waals surface area (Å²) in [5, 5.41) is 9.09. The van der Waals surface area contributed by atoms with Gasteiger partial charge in [0.25, 0.3) is 0 Å². The first-order valence-corrected chi connectivity index (χ1v) is 6.87. The molecule has 0 fully saturated rings. The summed E-state index contributed by atoms with van der Waals surface area (Å²) in [5.41, 5.74) is 1.36. The molecule has 0 saturated carbocycles. The van der Waals surface area contributed by atoms with Gasteiger partial charge in [0.15, 0.2) is 5.96 Å². The maximum atomic E-state index is 4.17. The molecule has 2 N–H and O–H groups in total. The highest BCUT2D eigenvalue weighted by molar-refractivity contribution is 5.85. The highest BCUT2D eigenvalue weighted by atomic mass is 15.2. The molecule has 0 aliphatic rings. The summed E-state index contributed by atoms with van der Waals surface area (Å²) >= 11 is 0. The van der Waals surface area contributed by atoms with Crippen molar-refractivity contribution in [2.45, 2.75) is 6.42 Å². The first kappa shape index (κ1) is 14.1. The fourth-order valence-corrected chi connectivity index (χ4v) is 2.22. The third-order valence-corrected chi connectivity index (χ3v) is 3.20. The largest absolute Gasteiger partial charge is 0.356 e. The summed E-state index contributed by atoms with van der Waals surface area (Å²) in [6.07, 6.45) is 2.79. The minimum atomic E-state index is 0.716. The maximum Gasteiger partial charge on any atom is 0.191 e. The maximum absolute atomic E-state index is 4.17. The molecule has 0 aromatic heterocycles. The quantitative estimate of drug-likeness (QED) is 0.496. The molecule has 0 saturated heterocycles. The van der Waals surface area contributed by atoms with Gasteiger partial charge in [0.05, 0.1) is 0 Å². The molecule has 0 radical (unpaired) electrons. The van der Waals surface area contributed by atoms with Gasteiger partial charge in [-0.05, 0) is 22.8 Å². The van der Waals surface area contributed by atoms with Crippen LogP contribution in [0.3, 0.4) is 0 Å². The van der Waals surface area contributed by atoms with Crippen LogP contribution in [-0.4, -0.2) is 26.1 Å². The molecular formula is C17H21N3. The fourth-order valence-electron chi connectivity index (χ4n) is 2.22. The molecule has 3 heteroatoms. The molecule has 3 nitrogen and oxygen atoms in total. The van der Waals surface area contributed by atoms with E-state index in [2.05, 4.69) is 64.7 Å². The Balaban J connectivity index is 1.97. The number of aliphatic imine (C=N–C) groups is 1. The van der Waals surface area contributed by atoms with Crippen LogP contribution in [0.25, 0.3) is 10.8 Å². The lowest BCUT2D eigenvalue weighted by atomic mass is 10.0. The Kier molecular flexibility index (Phi) is 5.18. The molecule has 20 heavy (non-hydrogen) atoms. The van der Waals surface area contributed by atoms with Crippen molar-refractivity contribution in [2.24, 2.45) is 4.99 Å². The van der Waals surface area contributed by atoms with Gasteiger partial charge in [0.2, 0.25) is 0 Å². The Morgan fingerprint density at radius 3 is 2.75 bits per heavy atom. The molecule has 0 aliphatic carbocycles. The second-order valence-corrected chi connectivity index (χ2v) is 4.56. The van der Waals surface area contributed by atoms with Crippen molar-refractivity contribution in [1.29, 1.82) is 0 Å². The van der Waals surface area contributed by atoms with Crippen molar-refractivity contribution in [3.63, 3.8) is 0 Å². The third-order valence-electron chi connectivity index (χ3n) is 3.20. The van der Waals surface area contributed by atoms with Gasteiger partial charge in [-0.25, -0.2) is 0 Å². The number of benzene rings is 2. The third kappa shape index (κ3) is 3.60. The Morgan fingerprint density at radius 1 is 1.15 bits per heavy atom. The monoisotopic (exact) mass is 267 g/mol. The Morgan fingerprint density at radius 2 is 1.95 bits per heavy atom. The molecule has 2 rings (SSSR count). The molecule has 104 valence electrons. The van der Waals surface area contributed by atoms with Gasteiger partial charge in [-0.1, -0.05) is 48.5 Å². The standard InChI is InChI=1S/C17H21N3/c1-3-12-19-17(18-2)20-13-11-15-9-6-8-14-7-4-5-10-16(14)15/h3-10H,1,11-13H2,2H3,(H2,18,19,20). The highest BCUT2D eigenvalue weighted by Gasteiger charge is 2.01. The second-order valence-electron chi connectivity index (χ2n) is 4.56. The van der Waals surface area contributed by atoms with Crippen molar-refractivity contribution in [1.82, 2.24) is 10.6 Å². The van der Waals surface area contributed by atoms with Crippen LogP contribution < -0.4 is 10.6 Å². The molecule has 0 heterocycles. The van der Waals surface area contributed by atoms with Gasteiger partial charge in [-0.3, -0.25) is 4.99 Å². The minimum absolute atomic E-state index is 0.716. The zero-order valence-electron chi connectivity index (χ0n) is 11.9. The van der Waals surface area contributed by atoms with Gasteiger partial charge in [-0.15, -0.1) is 6.58 Å². The normalized spacial score (nSPS) is 11.3. The van der Waals surface area contributed by atoms with E-state index in [1.54, 1.807) is 7.05 Å². The second kappa shape index (κ2) is 7.34. The van der Waals surface area contributed by atoms with Crippen molar-refractivity contribution in [3.05, 3.63) is 60.7 Å². The first-order chi connectivity index (χ1) is 9.85. The number of guanidine groups is 1. The number of hydrogen-bond acceptors (Lipinski definition) is 1. The van der Waals surface area contributed by atoms with Crippen LogP contribution in [0.4, 0.5) is 0 Å². The molecule has 0 unspecified atom stereocenters. The zero-order chi connectivity index (χ0) is 14.2. The molecule has 0 bridgehead atoms. The molecule has 2 aromatic rings. The minimum Gasteiger partial charge on any atom is -0.356 e. The summed E-state index contributed by atoms with van der Waals surface area (Å²) in [5.74, 6) is 0.810. The average molecular weight is 267 g/mol. The van der Waals surface area contributed by atoms with E-state index in [-0.39, 0.29) is 0 Å². The van der Waals surface area contributed by atoms with Crippen molar-refractivity contribution in [3.8, 4) is 0 Å². The van der Waals surface area contributed by atoms with E-state index in [1.807, 2.05) is 6.08 Å². The van der Waals surface area contributed by atoms with Crippen LogP contribution in [0.15, 0.2) is 60.1 Å². The van der Waals surface area contributed by atoms with Gasteiger partial charge >= 0.3 is 0 Å². The van der Waals surface area contributed by atoms with Crippen molar-refractivity contribution < 1.29 is 0 Å². The first-order valence-electron chi connectivity index (χ1n) is 6.87. The van der Waals surface area contributed by atoms with Crippen LogP contribution in [0.5, 0.6) is 0 Å². The van der Waals surface area contributed by atoms with Crippen LogP contribution >= 0.6 is 0 Å². The predicted molar refractivity (Wildman–Crippen MR) is 87.2 cm³/mol. The summed E-state index contributed by atoms with van der Waals surface area (Å²) in [7, 11) is 1.77. The number of nitrogens with one attached hydrogen (secondary N) is 2. The molecule has 2 aromatic carbocycles. The lowest BCUT2D eigenvalue weighted by molar-refractivity contribution is 0.825. The van der Waals surface area contributed by atoms with E-state index in [0.717, 1.165) is 18.9 Å². The fraction of sp³-hybridized carbons (Fsp3) is 0.235. The van der Waals surface area contributed by atoms with Gasteiger partial charge in [0, 0.05) is 20.1 Å². The van der Waals surface area contributed by atoms with E-state index in [4.69, 9.17) is 0 Å². The molecule has 0 atom stereocenters. The number of rotatable bonds is 5. The van der Waals surface area contributed by atoms with Crippen LogP contribution in [0, 0.1) is 0 Å². The van der Waals surface area contributed by atoms with Gasteiger partial charge in [0.1, 0.15) is 0 Å². The predicted octanol–water partition coefficient (Wildman–Crippen LogP) is 2.73. The van der Waals surface area contributed by atoms with E-state index in [0.29, 0.717) is 6.54 Å². The number of hydrogen-bond donors (Lipinski definition) is 2. The van der Waals surface area contributed by atoms with Crippen LogP contribution in [0.1, 0.15) is 5.56 Å². The molecule has 0 aliphatic heterocycles. The lowest BCUT2D eigenvalue weighted by Crippen LogP contribution is -2.38. The highest BCUT2D eigenvalue weighted by Crippen LogP contribution is 2.18. The number of fused-ring (bicyclic) bond motifs is 1. The Labute approximate surface area is 120 Å². The summed E-state index contributed by atoms with van der Waals surface area (Å²) in [6.45, 7) is 5.25. The average Bonchev–Trinajstić information content (AvgIpc) is 2.51. The zero-order valence-corrected chi connectivity index (χ0v) is 11.9. The summed E-state index contributed by atoms with van der Waals surface area (Å²) in [6, 6.07) is 14.9. The Bertz CT molecular complexity index is 597. The SMILES string of the molecule is C=CCNC(=NC)NCCc1cccc2ccccc12. The van der Waals surface area contributed by atoms with Gasteiger partial charge in [-0.2, -0.15) is 0 Å². The van der Waals surface area contributed by atoms with Gasteiger partial charge < -0.3 is 10.6 Å².